The van der Waals surface area contributed by atoms with Crippen molar-refractivity contribution in [2.75, 3.05) is 0 Å². The molecule has 0 saturated carbocycles. The second kappa shape index (κ2) is 6.31. The number of rotatable bonds is 4. The number of thiophene rings is 1. The molecule has 0 radical (unpaired) electrons. The predicted molar refractivity (Wildman–Crippen MR) is 98.3 cm³/mol. The Morgan fingerprint density at radius 3 is 2.83 bits per heavy atom. The molecule has 1 aromatic carbocycles. The van der Waals surface area contributed by atoms with Crippen LogP contribution in [0, 0.1) is 12.3 Å². The smallest absolute Gasteiger partial charge is 0.337 e. The third kappa shape index (κ3) is 3.11. The molecule has 0 aliphatic heterocycles. The molecule has 5 heteroatoms. The van der Waals surface area contributed by atoms with Crippen molar-refractivity contribution in [1.29, 1.82) is 0 Å². The fourth-order valence-electron chi connectivity index (χ4n) is 3.48. The minimum atomic E-state index is -0.818. The van der Waals surface area contributed by atoms with Crippen LogP contribution in [0.15, 0.2) is 18.2 Å². The van der Waals surface area contributed by atoms with Gasteiger partial charge in [-0.25, -0.2) is 4.79 Å². The summed E-state index contributed by atoms with van der Waals surface area (Å²) in [4.78, 5) is 14.2. The van der Waals surface area contributed by atoms with Crippen molar-refractivity contribution >= 4 is 17.3 Å². The van der Waals surface area contributed by atoms with Crippen LogP contribution >= 0.6 is 11.3 Å². The van der Waals surface area contributed by atoms with E-state index in [1.165, 1.54) is 4.88 Å². The number of carboxylic acids is 1. The van der Waals surface area contributed by atoms with Gasteiger partial charge in [0.2, 0.25) is 0 Å². The van der Waals surface area contributed by atoms with Crippen molar-refractivity contribution in [3.8, 4) is 10.4 Å². The molecular weight excluding hydrogens is 320 g/mol. The molecule has 0 fully saturated rings. The molecule has 0 bridgehead atoms. The number of nitrogens with two attached hydrogens (primary N) is 1. The number of hydrazine groups is 1. The van der Waals surface area contributed by atoms with Crippen LogP contribution in [0.4, 0.5) is 0 Å². The van der Waals surface area contributed by atoms with Crippen molar-refractivity contribution < 1.29 is 9.90 Å². The predicted octanol–water partition coefficient (Wildman–Crippen LogP) is 3.90. The number of nitrogens with one attached hydrogen (secondary N) is 1. The lowest BCUT2D eigenvalue weighted by Crippen LogP contribution is -2.22. The van der Waals surface area contributed by atoms with Gasteiger partial charge in [-0.15, -0.1) is 11.3 Å². The van der Waals surface area contributed by atoms with Crippen molar-refractivity contribution in [3.63, 3.8) is 0 Å². The first kappa shape index (κ1) is 17.1. The summed E-state index contributed by atoms with van der Waals surface area (Å²) in [5, 5.41) is 9.88. The molecule has 0 spiro atoms. The number of hydrogen-bond acceptors (Lipinski definition) is 4. The Balaban J connectivity index is 2.17. The van der Waals surface area contributed by atoms with Gasteiger partial charge in [-0.3, -0.25) is 11.3 Å². The molecular formula is C19H24N2O2S. The Labute approximate surface area is 146 Å². The maximum Gasteiger partial charge on any atom is 0.337 e. The fourth-order valence-corrected chi connectivity index (χ4v) is 4.87. The summed E-state index contributed by atoms with van der Waals surface area (Å²) in [5.74, 6) is 4.62. The topological polar surface area (TPSA) is 75.3 Å². The zero-order chi connectivity index (χ0) is 17.5. The highest BCUT2D eigenvalue weighted by atomic mass is 32.1. The van der Waals surface area contributed by atoms with Gasteiger partial charge >= 0.3 is 5.97 Å². The third-order valence-electron chi connectivity index (χ3n) is 4.84. The molecule has 2 aromatic rings. The van der Waals surface area contributed by atoms with E-state index in [4.69, 9.17) is 5.84 Å². The van der Waals surface area contributed by atoms with Crippen LogP contribution < -0.4 is 11.3 Å². The number of aromatic carboxylic acids is 1. The Morgan fingerprint density at radius 2 is 2.17 bits per heavy atom. The normalized spacial score (nSPS) is 16.0. The van der Waals surface area contributed by atoms with Gasteiger partial charge in [-0.2, -0.15) is 0 Å². The minimum Gasteiger partial charge on any atom is -0.478 e. The number of hydrogen-bond donors (Lipinski definition) is 3. The molecule has 0 amide bonds. The summed E-state index contributed by atoms with van der Waals surface area (Å²) in [5.41, 5.74) is 7.54. The van der Waals surface area contributed by atoms with Gasteiger partial charge in [0.05, 0.1) is 5.56 Å². The van der Waals surface area contributed by atoms with Crippen LogP contribution in [0.3, 0.4) is 0 Å². The van der Waals surface area contributed by atoms with E-state index in [1.54, 1.807) is 11.3 Å². The van der Waals surface area contributed by atoms with E-state index in [0.29, 0.717) is 12.1 Å². The van der Waals surface area contributed by atoms with Gasteiger partial charge in [0.15, 0.2) is 0 Å². The SMILES string of the molecule is Cc1ccc(CNN)cc1-c1sc2c(c1C(=O)O)CC(C)(C)CC2. The molecule has 1 heterocycles. The molecule has 24 heavy (non-hydrogen) atoms. The van der Waals surface area contributed by atoms with Gasteiger partial charge in [-0.1, -0.05) is 26.0 Å². The highest BCUT2D eigenvalue weighted by Crippen LogP contribution is 2.45. The lowest BCUT2D eigenvalue weighted by atomic mass is 9.76. The maximum absolute atomic E-state index is 12.0. The number of benzene rings is 1. The molecule has 4 N–H and O–H groups in total. The van der Waals surface area contributed by atoms with Crippen LogP contribution in [0.1, 0.15) is 52.2 Å². The van der Waals surface area contributed by atoms with E-state index < -0.39 is 5.97 Å². The summed E-state index contributed by atoms with van der Waals surface area (Å²) in [7, 11) is 0. The van der Waals surface area contributed by atoms with Gasteiger partial charge in [0, 0.05) is 16.3 Å². The first-order chi connectivity index (χ1) is 11.3. The van der Waals surface area contributed by atoms with Crippen LogP contribution in [-0.4, -0.2) is 11.1 Å². The van der Waals surface area contributed by atoms with Gasteiger partial charge in [-0.05, 0) is 59.9 Å². The molecule has 0 saturated heterocycles. The van der Waals surface area contributed by atoms with Crippen molar-refractivity contribution in [3.05, 3.63) is 45.3 Å². The molecule has 0 unspecified atom stereocenters. The number of carbonyl (C=O) groups is 1. The Kier molecular flexibility index (Phi) is 4.51. The van der Waals surface area contributed by atoms with Gasteiger partial charge in [0.25, 0.3) is 0 Å². The highest BCUT2D eigenvalue weighted by Gasteiger charge is 2.33. The van der Waals surface area contributed by atoms with Crippen molar-refractivity contribution in [1.82, 2.24) is 5.43 Å². The molecule has 3 rings (SSSR count). The molecule has 1 aliphatic carbocycles. The lowest BCUT2D eigenvalue weighted by molar-refractivity contribution is 0.0696. The Bertz CT molecular complexity index is 793. The zero-order valence-corrected chi connectivity index (χ0v) is 15.2. The number of carboxylic acid groups (broad SMARTS) is 1. The Morgan fingerprint density at radius 1 is 1.42 bits per heavy atom. The first-order valence-electron chi connectivity index (χ1n) is 8.23. The minimum absolute atomic E-state index is 0.163. The van der Waals surface area contributed by atoms with E-state index in [1.807, 2.05) is 19.1 Å². The summed E-state index contributed by atoms with van der Waals surface area (Å²) in [6, 6.07) is 6.12. The number of aryl methyl sites for hydroxylation is 2. The van der Waals surface area contributed by atoms with E-state index in [9.17, 15) is 9.90 Å². The molecule has 4 nitrogen and oxygen atoms in total. The zero-order valence-electron chi connectivity index (χ0n) is 14.4. The van der Waals surface area contributed by atoms with Crippen LogP contribution in [0.2, 0.25) is 0 Å². The summed E-state index contributed by atoms with van der Waals surface area (Å²) in [6.07, 6.45) is 2.91. The highest BCUT2D eigenvalue weighted by molar-refractivity contribution is 7.16. The quantitative estimate of drug-likeness (QED) is 0.581. The average Bonchev–Trinajstić information content (AvgIpc) is 2.86. The monoisotopic (exact) mass is 344 g/mol. The first-order valence-corrected chi connectivity index (χ1v) is 9.05. The molecule has 128 valence electrons. The Hall–Kier alpha value is -1.69. The van der Waals surface area contributed by atoms with E-state index in [0.717, 1.165) is 46.4 Å². The second-order valence-corrected chi connectivity index (χ2v) is 8.49. The van der Waals surface area contributed by atoms with E-state index >= 15 is 0 Å². The maximum atomic E-state index is 12.0. The number of fused-ring (bicyclic) bond motifs is 1. The van der Waals surface area contributed by atoms with Crippen molar-refractivity contribution in [2.45, 2.75) is 46.6 Å². The van der Waals surface area contributed by atoms with Crippen LogP contribution in [0.25, 0.3) is 10.4 Å². The van der Waals surface area contributed by atoms with Crippen LogP contribution in [0.5, 0.6) is 0 Å². The van der Waals surface area contributed by atoms with Crippen molar-refractivity contribution in [2.24, 2.45) is 11.3 Å². The van der Waals surface area contributed by atoms with E-state index in [-0.39, 0.29) is 5.41 Å². The average molecular weight is 344 g/mol. The molecule has 0 atom stereocenters. The largest absolute Gasteiger partial charge is 0.478 e. The standard InChI is InChI=1S/C19H24N2O2S/c1-11-4-5-12(10-21-20)8-13(11)17-16(18(22)23)14-9-19(2,3)7-6-15(14)24-17/h4-5,8,21H,6-7,9-10,20H2,1-3H3,(H,22,23). The summed E-state index contributed by atoms with van der Waals surface area (Å²) in [6.45, 7) is 7.03. The van der Waals surface area contributed by atoms with Gasteiger partial charge < -0.3 is 5.11 Å². The lowest BCUT2D eigenvalue weighted by Gasteiger charge is -2.29. The van der Waals surface area contributed by atoms with Gasteiger partial charge in [0.1, 0.15) is 0 Å². The molecule has 1 aromatic heterocycles. The van der Waals surface area contributed by atoms with E-state index in [2.05, 4.69) is 25.3 Å². The fraction of sp³-hybridized carbons (Fsp3) is 0.421. The molecule has 1 aliphatic rings. The van der Waals surface area contributed by atoms with Crippen LogP contribution in [-0.2, 0) is 19.4 Å². The third-order valence-corrected chi connectivity index (χ3v) is 6.17. The second-order valence-electron chi connectivity index (χ2n) is 7.38. The summed E-state index contributed by atoms with van der Waals surface area (Å²) < 4.78 is 0. The summed E-state index contributed by atoms with van der Waals surface area (Å²) >= 11 is 1.65.